The molecule has 2 saturated heterocycles. The van der Waals surface area contributed by atoms with Crippen molar-refractivity contribution in [3.05, 3.63) is 12.7 Å². The SMILES string of the molecule is C=CC(=O)OCCC[Si](C)(N1CC1C)N1CC1C. The first kappa shape index (κ1) is 13.8. The monoisotopic (exact) mass is 268 g/mol. The van der Waals surface area contributed by atoms with Gasteiger partial charge < -0.3 is 13.9 Å². The molecule has 0 bridgehead atoms. The zero-order chi connectivity index (χ0) is 13.3. The van der Waals surface area contributed by atoms with E-state index < -0.39 is 8.40 Å². The maximum atomic E-state index is 11.0. The standard InChI is InChI=1S/C13H24N2O2Si/c1-5-13(16)17-7-6-8-18(4,14-9-11(14)2)15-10-12(15)3/h5,11-12H,1,6-10H2,2-4H3. The highest BCUT2D eigenvalue weighted by molar-refractivity contribution is 6.74. The minimum Gasteiger partial charge on any atom is -0.463 e. The summed E-state index contributed by atoms with van der Waals surface area (Å²) >= 11 is 0. The fourth-order valence-electron chi connectivity index (χ4n) is 2.91. The molecule has 0 aromatic rings. The maximum Gasteiger partial charge on any atom is 0.330 e. The first-order chi connectivity index (χ1) is 8.49. The van der Waals surface area contributed by atoms with Crippen LogP contribution in [0.15, 0.2) is 12.7 Å². The molecule has 18 heavy (non-hydrogen) atoms. The van der Waals surface area contributed by atoms with E-state index in [2.05, 4.69) is 36.1 Å². The molecule has 4 atom stereocenters. The van der Waals surface area contributed by atoms with Gasteiger partial charge in [-0.05, 0) is 32.9 Å². The van der Waals surface area contributed by atoms with Gasteiger partial charge in [-0.3, -0.25) is 0 Å². The summed E-state index contributed by atoms with van der Waals surface area (Å²) in [6.45, 7) is 13.5. The smallest absolute Gasteiger partial charge is 0.330 e. The second-order valence-corrected chi connectivity index (χ2v) is 9.78. The van der Waals surface area contributed by atoms with Gasteiger partial charge in [0.1, 0.15) is 0 Å². The van der Waals surface area contributed by atoms with Crippen molar-refractivity contribution in [2.24, 2.45) is 0 Å². The molecule has 4 nitrogen and oxygen atoms in total. The Balaban J connectivity index is 1.80. The molecule has 0 radical (unpaired) electrons. The fourth-order valence-corrected chi connectivity index (χ4v) is 7.84. The zero-order valence-corrected chi connectivity index (χ0v) is 12.7. The van der Waals surface area contributed by atoms with Crippen LogP contribution in [-0.4, -0.2) is 55.3 Å². The Hall–Kier alpha value is -0.653. The van der Waals surface area contributed by atoms with Gasteiger partial charge in [0.25, 0.3) is 0 Å². The molecular weight excluding hydrogens is 244 g/mol. The third-order valence-electron chi connectivity index (χ3n) is 4.16. The molecule has 2 rings (SSSR count). The minimum absolute atomic E-state index is 0.307. The van der Waals surface area contributed by atoms with Crippen LogP contribution in [0.2, 0.25) is 12.6 Å². The van der Waals surface area contributed by atoms with Crippen molar-refractivity contribution in [1.29, 1.82) is 0 Å². The quantitative estimate of drug-likeness (QED) is 0.231. The number of carbonyl (C=O) groups is 1. The van der Waals surface area contributed by atoms with Gasteiger partial charge in [-0.2, -0.15) is 0 Å². The summed E-state index contributed by atoms with van der Waals surface area (Å²) in [6.07, 6.45) is 2.20. The molecule has 0 spiro atoms. The summed E-state index contributed by atoms with van der Waals surface area (Å²) in [5, 5.41) is 0. The molecule has 0 N–H and O–H groups in total. The van der Waals surface area contributed by atoms with E-state index in [1.54, 1.807) is 0 Å². The predicted octanol–water partition coefficient (Wildman–Crippen LogP) is 1.59. The summed E-state index contributed by atoms with van der Waals surface area (Å²) in [7, 11) is -1.44. The number of carbonyl (C=O) groups excluding carboxylic acids is 1. The summed E-state index contributed by atoms with van der Waals surface area (Å²) in [5.74, 6) is -0.307. The van der Waals surface area contributed by atoms with Crippen LogP contribution in [0.3, 0.4) is 0 Å². The Labute approximate surface area is 111 Å². The molecule has 0 aliphatic carbocycles. The van der Waals surface area contributed by atoms with Gasteiger partial charge in [0.05, 0.1) is 6.61 Å². The molecule has 0 saturated carbocycles. The third kappa shape index (κ3) is 2.84. The molecule has 0 amide bonds. The van der Waals surface area contributed by atoms with Gasteiger partial charge in [-0.1, -0.05) is 6.58 Å². The lowest BCUT2D eigenvalue weighted by Gasteiger charge is -2.31. The van der Waals surface area contributed by atoms with E-state index in [-0.39, 0.29) is 5.97 Å². The van der Waals surface area contributed by atoms with Gasteiger partial charge in [-0.25, -0.2) is 4.79 Å². The van der Waals surface area contributed by atoms with Gasteiger partial charge >= 0.3 is 5.97 Å². The summed E-state index contributed by atoms with van der Waals surface area (Å²) < 4.78 is 10.4. The minimum atomic E-state index is -1.44. The van der Waals surface area contributed by atoms with Crippen LogP contribution in [0.1, 0.15) is 20.3 Å². The fraction of sp³-hybridized carbons (Fsp3) is 0.769. The molecule has 2 heterocycles. The molecule has 0 aromatic heterocycles. The average Bonchev–Trinajstić information content (AvgIpc) is 3.23. The maximum absolute atomic E-state index is 11.0. The van der Waals surface area contributed by atoms with Crippen molar-refractivity contribution in [2.75, 3.05) is 19.7 Å². The molecule has 2 aliphatic rings. The van der Waals surface area contributed by atoms with E-state index in [4.69, 9.17) is 4.74 Å². The molecule has 2 aliphatic heterocycles. The van der Waals surface area contributed by atoms with E-state index in [1.165, 1.54) is 25.2 Å². The van der Waals surface area contributed by atoms with Crippen molar-refractivity contribution in [2.45, 2.75) is 44.9 Å². The lowest BCUT2D eigenvalue weighted by Crippen LogP contribution is -2.50. The van der Waals surface area contributed by atoms with Crippen LogP contribution in [-0.2, 0) is 9.53 Å². The Bertz CT molecular complexity index is 332. The topological polar surface area (TPSA) is 32.3 Å². The highest BCUT2D eigenvalue weighted by Crippen LogP contribution is 2.38. The second-order valence-electron chi connectivity index (χ2n) is 5.69. The Kier molecular flexibility index (Phi) is 3.94. The number of hydrogen-bond donors (Lipinski definition) is 0. The first-order valence-electron chi connectivity index (χ1n) is 6.81. The van der Waals surface area contributed by atoms with Crippen LogP contribution in [0.4, 0.5) is 0 Å². The van der Waals surface area contributed by atoms with E-state index in [0.717, 1.165) is 18.5 Å². The van der Waals surface area contributed by atoms with Gasteiger partial charge in [0.2, 0.25) is 8.40 Å². The van der Waals surface area contributed by atoms with Crippen LogP contribution in [0.5, 0.6) is 0 Å². The second kappa shape index (κ2) is 5.15. The van der Waals surface area contributed by atoms with Crippen LogP contribution in [0, 0.1) is 0 Å². The van der Waals surface area contributed by atoms with Crippen LogP contribution >= 0.6 is 0 Å². The van der Waals surface area contributed by atoms with E-state index >= 15 is 0 Å². The Morgan fingerprint density at radius 1 is 1.39 bits per heavy atom. The van der Waals surface area contributed by atoms with Gasteiger partial charge in [0.15, 0.2) is 0 Å². The van der Waals surface area contributed by atoms with E-state index in [1.807, 2.05) is 0 Å². The summed E-state index contributed by atoms with van der Waals surface area (Å²) in [6, 6.07) is 2.70. The lowest BCUT2D eigenvalue weighted by atomic mass is 10.5. The summed E-state index contributed by atoms with van der Waals surface area (Å²) in [5.41, 5.74) is 0. The van der Waals surface area contributed by atoms with E-state index in [0.29, 0.717) is 6.61 Å². The number of esters is 1. The molecule has 102 valence electrons. The molecule has 2 fully saturated rings. The van der Waals surface area contributed by atoms with Gasteiger partial charge in [0, 0.05) is 31.2 Å². The van der Waals surface area contributed by atoms with Crippen LogP contribution < -0.4 is 0 Å². The Morgan fingerprint density at radius 2 is 1.89 bits per heavy atom. The largest absolute Gasteiger partial charge is 0.463 e. The molecule has 4 unspecified atom stereocenters. The Morgan fingerprint density at radius 3 is 2.28 bits per heavy atom. The van der Waals surface area contributed by atoms with Crippen molar-refractivity contribution in [1.82, 2.24) is 9.13 Å². The van der Waals surface area contributed by atoms with Crippen molar-refractivity contribution >= 4 is 14.4 Å². The number of rotatable bonds is 7. The first-order valence-corrected chi connectivity index (χ1v) is 9.42. The zero-order valence-electron chi connectivity index (χ0n) is 11.7. The van der Waals surface area contributed by atoms with E-state index in [9.17, 15) is 4.79 Å². The van der Waals surface area contributed by atoms with Crippen LogP contribution in [0.25, 0.3) is 0 Å². The molecule has 0 aromatic carbocycles. The molecular formula is C13H24N2O2Si. The predicted molar refractivity (Wildman–Crippen MR) is 74.5 cm³/mol. The third-order valence-corrected chi connectivity index (χ3v) is 9.18. The van der Waals surface area contributed by atoms with Gasteiger partial charge in [-0.15, -0.1) is 0 Å². The van der Waals surface area contributed by atoms with Crippen molar-refractivity contribution < 1.29 is 9.53 Å². The number of hydrogen-bond acceptors (Lipinski definition) is 4. The summed E-state index contributed by atoms with van der Waals surface area (Å²) in [4.78, 5) is 11.0. The van der Waals surface area contributed by atoms with Crippen molar-refractivity contribution in [3.63, 3.8) is 0 Å². The average molecular weight is 268 g/mol. The number of ether oxygens (including phenoxy) is 1. The lowest BCUT2D eigenvalue weighted by molar-refractivity contribution is -0.137. The number of nitrogens with zero attached hydrogens (tertiary/aromatic N) is 2. The highest BCUT2D eigenvalue weighted by atomic mass is 28.3. The van der Waals surface area contributed by atoms with Crippen molar-refractivity contribution in [3.8, 4) is 0 Å². The highest BCUT2D eigenvalue weighted by Gasteiger charge is 2.55. The normalized spacial score (nSPS) is 36.6. The molecule has 5 heteroatoms.